The molecular weight excluding hydrogens is 316 g/mol. The average Bonchev–Trinajstić information content (AvgIpc) is 2.91. The number of hydrogen-bond donors (Lipinski definition) is 2. The summed E-state index contributed by atoms with van der Waals surface area (Å²) in [5.41, 5.74) is 1.51. The lowest BCUT2D eigenvalue weighted by Gasteiger charge is -2.43. The summed E-state index contributed by atoms with van der Waals surface area (Å²) in [4.78, 5) is 12.2. The summed E-state index contributed by atoms with van der Waals surface area (Å²) in [5, 5.41) is 6.44. The number of hydrogen-bond acceptors (Lipinski definition) is 2. The molecule has 2 N–H and O–H groups in total. The molecule has 1 amide bonds. The molecule has 0 spiro atoms. The van der Waals surface area contributed by atoms with Crippen molar-refractivity contribution in [3.8, 4) is 0 Å². The van der Waals surface area contributed by atoms with Crippen LogP contribution in [0.2, 0.25) is 0 Å². The van der Waals surface area contributed by atoms with E-state index in [2.05, 4.69) is 50.8 Å². The monoisotopic (exact) mass is 336 g/mol. The Morgan fingerprint density at radius 2 is 2.30 bits per heavy atom. The van der Waals surface area contributed by atoms with E-state index in [1.54, 1.807) is 0 Å². The maximum atomic E-state index is 12.2. The van der Waals surface area contributed by atoms with Gasteiger partial charge in [-0.25, -0.2) is 0 Å². The van der Waals surface area contributed by atoms with Gasteiger partial charge < -0.3 is 10.6 Å². The second kappa shape index (κ2) is 5.86. The van der Waals surface area contributed by atoms with Crippen molar-refractivity contribution in [3.63, 3.8) is 0 Å². The van der Waals surface area contributed by atoms with Crippen LogP contribution in [-0.2, 0) is 10.2 Å². The van der Waals surface area contributed by atoms with Crippen molar-refractivity contribution in [2.75, 3.05) is 19.6 Å². The number of halogens is 1. The highest BCUT2D eigenvalue weighted by Crippen LogP contribution is 2.43. The van der Waals surface area contributed by atoms with Crippen LogP contribution in [0.4, 0.5) is 0 Å². The third-order valence-corrected chi connectivity index (χ3v) is 5.27. The van der Waals surface area contributed by atoms with Gasteiger partial charge in [0.15, 0.2) is 0 Å². The molecule has 108 valence electrons. The lowest BCUT2D eigenvalue weighted by molar-refractivity contribution is -0.124. The summed E-state index contributed by atoms with van der Waals surface area (Å²) in [6.45, 7) is 2.57. The van der Waals surface area contributed by atoms with Crippen LogP contribution in [0.15, 0.2) is 28.7 Å². The number of benzene rings is 1. The van der Waals surface area contributed by atoms with Gasteiger partial charge >= 0.3 is 0 Å². The van der Waals surface area contributed by atoms with Crippen LogP contribution in [0.5, 0.6) is 0 Å². The molecule has 0 radical (unpaired) electrons. The van der Waals surface area contributed by atoms with Crippen molar-refractivity contribution >= 4 is 21.8 Å². The fourth-order valence-electron chi connectivity index (χ4n) is 3.27. The van der Waals surface area contributed by atoms with E-state index in [1.165, 1.54) is 24.8 Å². The molecule has 3 rings (SSSR count). The van der Waals surface area contributed by atoms with E-state index in [0.717, 1.165) is 30.5 Å². The highest BCUT2D eigenvalue weighted by Gasteiger charge is 2.39. The minimum absolute atomic E-state index is 0.158. The van der Waals surface area contributed by atoms with Gasteiger partial charge in [-0.3, -0.25) is 4.79 Å². The number of amides is 1. The second-order valence-electron chi connectivity index (χ2n) is 6.05. The average molecular weight is 337 g/mol. The first-order valence-corrected chi connectivity index (χ1v) is 8.23. The van der Waals surface area contributed by atoms with Crippen LogP contribution >= 0.6 is 15.9 Å². The molecule has 1 aromatic rings. The molecule has 1 saturated carbocycles. The lowest BCUT2D eigenvalue weighted by atomic mass is 9.64. The van der Waals surface area contributed by atoms with Crippen LogP contribution in [0.25, 0.3) is 0 Å². The Balaban J connectivity index is 1.66. The van der Waals surface area contributed by atoms with E-state index in [-0.39, 0.29) is 17.2 Å². The number of nitrogens with one attached hydrogen (secondary N) is 2. The molecule has 1 aliphatic carbocycles. The summed E-state index contributed by atoms with van der Waals surface area (Å²) >= 11 is 3.55. The van der Waals surface area contributed by atoms with Gasteiger partial charge in [-0.15, -0.1) is 0 Å². The first-order chi connectivity index (χ1) is 9.70. The fraction of sp³-hybridized carbons (Fsp3) is 0.562. The molecule has 1 atom stereocenters. The summed E-state index contributed by atoms with van der Waals surface area (Å²) < 4.78 is 1.12. The summed E-state index contributed by atoms with van der Waals surface area (Å²) in [6.07, 6.45) is 4.57. The van der Waals surface area contributed by atoms with Crippen molar-refractivity contribution in [2.45, 2.75) is 31.1 Å². The number of carbonyl (C=O) groups excluding carboxylic acids is 1. The van der Waals surface area contributed by atoms with E-state index in [1.807, 2.05) is 0 Å². The van der Waals surface area contributed by atoms with Crippen LogP contribution in [0.3, 0.4) is 0 Å². The molecular formula is C16H21BrN2O. The predicted molar refractivity (Wildman–Crippen MR) is 83.7 cm³/mol. The third-order valence-electron chi connectivity index (χ3n) is 4.78. The van der Waals surface area contributed by atoms with E-state index in [0.29, 0.717) is 0 Å². The molecule has 0 aromatic heterocycles. The molecule has 20 heavy (non-hydrogen) atoms. The minimum Gasteiger partial charge on any atom is -0.355 e. The zero-order valence-electron chi connectivity index (χ0n) is 11.6. The minimum atomic E-state index is 0.158. The quantitative estimate of drug-likeness (QED) is 0.887. The van der Waals surface area contributed by atoms with Crippen molar-refractivity contribution < 1.29 is 4.79 Å². The van der Waals surface area contributed by atoms with Crippen molar-refractivity contribution in [1.29, 1.82) is 0 Å². The Kier molecular flexibility index (Phi) is 4.13. The smallest absolute Gasteiger partial charge is 0.224 e. The molecule has 4 heteroatoms. The van der Waals surface area contributed by atoms with Crippen molar-refractivity contribution in [2.24, 2.45) is 5.92 Å². The van der Waals surface area contributed by atoms with Gasteiger partial charge in [-0.2, -0.15) is 0 Å². The van der Waals surface area contributed by atoms with Crippen molar-refractivity contribution in [1.82, 2.24) is 10.6 Å². The number of rotatable bonds is 4. The SMILES string of the molecule is O=C(NCC1(c2cccc(Br)c2)CCC1)[C@H]1CCNC1. The van der Waals surface area contributed by atoms with Gasteiger partial charge in [0, 0.05) is 23.0 Å². The number of carbonyl (C=O) groups is 1. The molecule has 1 heterocycles. The molecule has 1 aliphatic heterocycles. The normalized spacial score (nSPS) is 24.1. The Morgan fingerprint density at radius 3 is 2.90 bits per heavy atom. The Hall–Kier alpha value is -0.870. The molecule has 0 bridgehead atoms. The predicted octanol–water partition coefficient (Wildman–Crippen LogP) is 2.60. The van der Waals surface area contributed by atoms with Gasteiger partial charge in [-0.1, -0.05) is 34.5 Å². The Labute approximate surface area is 128 Å². The standard InChI is InChI=1S/C16H21BrN2O/c17-14-4-1-3-13(9-14)16(6-2-7-16)11-19-15(20)12-5-8-18-10-12/h1,3-4,9,12,18H,2,5-8,10-11H2,(H,19,20)/t12-/m0/s1. The third kappa shape index (κ3) is 2.77. The molecule has 1 saturated heterocycles. The van der Waals surface area contributed by atoms with Gasteiger partial charge in [0.05, 0.1) is 5.92 Å². The molecule has 2 aliphatic rings. The van der Waals surface area contributed by atoms with E-state index in [4.69, 9.17) is 0 Å². The molecule has 3 nitrogen and oxygen atoms in total. The van der Waals surface area contributed by atoms with Gasteiger partial charge in [-0.05, 0) is 43.5 Å². The van der Waals surface area contributed by atoms with Crippen LogP contribution in [-0.4, -0.2) is 25.5 Å². The largest absolute Gasteiger partial charge is 0.355 e. The maximum Gasteiger partial charge on any atom is 0.224 e. The van der Waals surface area contributed by atoms with E-state index < -0.39 is 0 Å². The zero-order valence-corrected chi connectivity index (χ0v) is 13.2. The van der Waals surface area contributed by atoms with Crippen LogP contribution in [0, 0.1) is 5.92 Å². The Morgan fingerprint density at radius 1 is 1.45 bits per heavy atom. The molecule has 2 fully saturated rings. The van der Waals surface area contributed by atoms with E-state index >= 15 is 0 Å². The fourth-order valence-corrected chi connectivity index (χ4v) is 3.67. The maximum absolute atomic E-state index is 12.2. The van der Waals surface area contributed by atoms with Crippen LogP contribution in [0.1, 0.15) is 31.2 Å². The summed E-state index contributed by atoms with van der Waals surface area (Å²) in [7, 11) is 0. The summed E-state index contributed by atoms with van der Waals surface area (Å²) in [5.74, 6) is 0.380. The lowest BCUT2D eigenvalue weighted by Crippen LogP contribution is -2.47. The highest BCUT2D eigenvalue weighted by atomic mass is 79.9. The van der Waals surface area contributed by atoms with Crippen molar-refractivity contribution in [3.05, 3.63) is 34.3 Å². The highest BCUT2D eigenvalue weighted by molar-refractivity contribution is 9.10. The molecule has 1 aromatic carbocycles. The summed E-state index contributed by atoms with van der Waals surface area (Å²) in [6, 6.07) is 8.52. The first kappa shape index (κ1) is 14.1. The topological polar surface area (TPSA) is 41.1 Å². The van der Waals surface area contributed by atoms with Gasteiger partial charge in [0.1, 0.15) is 0 Å². The van der Waals surface area contributed by atoms with Crippen LogP contribution < -0.4 is 10.6 Å². The van der Waals surface area contributed by atoms with Gasteiger partial charge in [0.25, 0.3) is 0 Å². The van der Waals surface area contributed by atoms with E-state index in [9.17, 15) is 4.79 Å². The second-order valence-corrected chi connectivity index (χ2v) is 6.97. The Bertz CT molecular complexity index is 493. The zero-order chi connectivity index (χ0) is 14.0. The molecule has 0 unspecified atom stereocenters. The first-order valence-electron chi connectivity index (χ1n) is 7.44. The van der Waals surface area contributed by atoms with Gasteiger partial charge in [0.2, 0.25) is 5.91 Å².